The number of nitriles is 1. The van der Waals surface area contributed by atoms with Gasteiger partial charge in [-0.25, -0.2) is 8.42 Å². The van der Waals surface area contributed by atoms with E-state index < -0.39 is 16.1 Å². The second kappa shape index (κ2) is 6.02. The number of hydrogen-bond donors (Lipinski definition) is 1. The van der Waals surface area contributed by atoms with Crippen LogP contribution in [-0.2, 0) is 14.8 Å². The minimum atomic E-state index is -3.93. The van der Waals surface area contributed by atoms with Crippen molar-refractivity contribution in [1.82, 2.24) is 9.62 Å². The summed E-state index contributed by atoms with van der Waals surface area (Å²) in [6, 6.07) is 5.18. The second-order valence-electron chi connectivity index (χ2n) is 4.59. The Labute approximate surface area is 128 Å². The van der Waals surface area contributed by atoms with Gasteiger partial charge in [0, 0.05) is 13.1 Å². The van der Waals surface area contributed by atoms with Crippen LogP contribution in [0.5, 0.6) is 0 Å². The molecule has 1 aliphatic heterocycles. The summed E-state index contributed by atoms with van der Waals surface area (Å²) in [6.45, 7) is 2.18. The number of piperazine rings is 1. The number of nitrogens with one attached hydrogen (secondary N) is 1. The highest BCUT2D eigenvalue weighted by Crippen LogP contribution is 2.28. The van der Waals surface area contributed by atoms with Crippen LogP contribution in [0, 0.1) is 11.3 Å². The third kappa shape index (κ3) is 2.88. The number of rotatable bonds is 3. The van der Waals surface area contributed by atoms with Gasteiger partial charge in [0.25, 0.3) is 0 Å². The summed E-state index contributed by atoms with van der Waals surface area (Å²) in [7, 11) is -3.93. The summed E-state index contributed by atoms with van der Waals surface area (Å²) in [5, 5.41) is 11.6. The van der Waals surface area contributed by atoms with Crippen molar-refractivity contribution in [3.8, 4) is 6.07 Å². The molecule has 21 heavy (non-hydrogen) atoms. The Morgan fingerprint density at radius 2 is 2.24 bits per heavy atom. The van der Waals surface area contributed by atoms with Crippen molar-refractivity contribution in [1.29, 1.82) is 5.26 Å². The van der Waals surface area contributed by atoms with Crippen molar-refractivity contribution in [3.05, 3.63) is 28.8 Å². The number of sulfonamides is 1. The lowest BCUT2D eigenvalue weighted by atomic mass is 10.2. The van der Waals surface area contributed by atoms with Gasteiger partial charge in [-0.1, -0.05) is 18.5 Å². The molecule has 8 heteroatoms. The maximum absolute atomic E-state index is 12.7. The molecule has 0 saturated carbocycles. The van der Waals surface area contributed by atoms with E-state index in [0.717, 1.165) is 4.31 Å². The molecular weight excluding hydrogens is 314 g/mol. The summed E-state index contributed by atoms with van der Waals surface area (Å²) in [5.41, 5.74) is 0.201. The first-order chi connectivity index (χ1) is 9.91. The Kier molecular flexibility index (Phi) is 4.52. The van der Waals surface area contributed by atoms with Crippen molar-refractivity contribution in [3.63, 3.8) is 0 Å². The lowest BCUT2D eigenvalue weighted by Gasteiger charge is -2.33. The van der Waals surface area contributed by atoms with Crippen molar-refractivity contribution in [2.24, 2.45) is 0 Å². The largest absolute Gasteiger partial charge is 0.353 e. The van der Waals surface area contributed by atoms with Gasteiger partial charge in [-0.2, -0.15) is 9.57 Å². The molecule has 0 spiro atoms. The van der Waals surface area contributed by atoms with Crippen LogP contribution in [0.2, 0.25) is 5.02 Å². The first-order valence-corrected chi connectivity index (χ1v) is 8.22. The molecule has 1 aromatic rings. The highest BCUT2D eigenvalue weighted by molar-refractivity contribution is 7.89. The monoisotopic (exact) mass is 327 g/mol. The molecule has 1 unspecified atom stereocenters. The molecule has 0 radical (unpaired) electrons. The van der Waals surface area contributed by atoms with E-state index in [1.165, 1.54) is 18.2 Å². The fourth-order valence-corrected chi connectivity index (χ4v) is 4.43. The van der Waals surface area contributed by atoms with Crippen LogP contribution in [0.3, 0.4) is 0 Å². The molecule has 1 aliphatic rings. The van der Waals surface area contributed by atoms with Crippen LogP contribution >= 0.6 is 11.6 Å². The molecule has 0 aliphatic carbocycles. The number of benzene rings is 1. The third-order valence-corrected chi connectivity index (χ3v) is 5.71. The van der Waals surface area contributed by atoms with Crippen molar-refractivity contribution in [2.75, 3.05) is 13.1 Å². The van der Waals surface area contributed by atoms with Crippen LogP contribution in [0.15, 0.2) is 23.1 Å². The molecule has 1 saturated heterocycles. The number of carbonyl (C=O) groups excluding carboxylic acids is 1. The number of amides is 1. The Hall–Kier alpha value is -1.62. The highest BCUT2D eigenvalue weighted by Gasteiger charge is 2.38. The van der Waals surface area contributed by atoms with Gasteiger partial charge in [0.05, 0.1) is 16.7 Å². The molecule has 1 N–H and O–H groups in total. The van der Waals surface area contributed by atoms with E-state index in [1.807, 2.05) is 6.07 Å². The molecule has 2 rings (SSSR count). The zero-order chi connectivity index (χ0) is 15.6. The highest BCUT2D eigenvalue weighted by atomic mass is 35.5. The number of nitrogens with zero attached hydrogens (tertiary/aromatic N) is 2. The molecule has 1 fully saturated rings. The molecule has 1 amide bonds. The fourth-order valence-electron chi connectivity index (χ4n) is 2.27. The topological polar surface area (TPSA) is 90.3 Å². The Balaban J connectivity index is 2.51. The minimum absolute atomic E-state index is 0.0369. The molecule has 6 nitrogen and oxygen atoms in total. The predicted octanol–water partition coefficient (Wildman–Crippen LogP) is 1.11. The second-order valence-corrected chi connectivity index (χ2v) is 6.85. The van der Waals surface area contributed by atoms with Crippen molar-refractivity contribution < 1.29 is 13.2 Å². The standard InChI is InChI=1S/C13H14ClN3O3S/c1-2-11-13(18)16-5-6-17(11)21(19,20)12-7-9(8-15)3-4-10(12)14/h3-4,7,11H,2,5-6H2,1H3,(H,16,18). The molecule has 0 aromatic heterocycles. The van der Waals surface area contributed by atoms with Gasteiger partial charge < -0.3 is 5.32 Å². The van der Waals surface area contributed by atoms with Crippen LogP contribution in [0.4, 0.5) is 0 Å². The zero-order valence-corrected chi connectivity index (χ0v) is 12.9. The van der Waals surface area contributed by atoms with E-state index in [2.05, 4.69) is 5.32 Å². The van der Waals surface area contributed by atoms with Gasteiger partial charge in [-0.3, -0.25) is 4.79 Å². The average Bonchev–Trinajstić information content (AvgIpc) is 2.47. The summed E-state index contributed by atoms with van der Waals surface area (Å²) >= 11 is 5.97. The average molecular weight is 328 g/mol. The third-order valence-electron chi connectivity index (χ3n) is 3.32. The van der Waals surface area contributed by atoms with Crippen molar-refractivity contribution >= 4 is 27.5 Å². The molecule has 112 valence electrons. The van der Waals surface area contributed by atoms with Gasteiger partial charge in [-0.15, -0.1) is 0 Å². The van der Waals surface area contributed by atoms with Gasteiger partial charge in [0.1, 0.15) is 10.9 Å². The van der Waals surface area contributed by atoms with Crippen LogP contribution in [0.1, 0.15) is 18.9 Å². The number of hydrogen-bond acceptors (Lipinski definition) is 4. The molecule has 1 aromatic carbocycles. The minimum Gasteiger partial charge on any atom is -0.353 e. The van der Waals surface area contributed by atoms with Gasteiger partial charge in [0.15, 0.2) is 0 Å². The van der Waals surface area contributed by atoms with E-state index in [-0.39, 0.29) is 34.5 Å². The maximum atomic E-state index is 12.7. The fraction of sp³-hybridized carbons (Fsp3) is 0.385. The number of carbonyl (C=O) groups is 1. The first kappa shape index (κ1) is 15.8. The van der Waals surface area contributed by atoms with E-state index >= 15 is 0 Å². The summed E-state index contributed by atoms with van der Waals surface area (Å²) in [4.78, 5) is 11.7. The van der Waals surface area contributed by atoms with E-state index in [1.54, 1.807) is 6.92 Å². The first-order valence-electron chi connectivity index (χ1n) is 6.41. The lowest BCUT2D eigenvalue weighted by Crippen LogP contribution is -2.56. The Morgan fingerprint density at radius 3 is 2.86 bits per heavy atom. The Bertz CT molecular complexity index is 712. The lowest BCUT2D eigenvalue weighted by molar-refractivity contribution is -0.126. The predicted molar refractivity (Wildman–Crippen MR) is 77.1 cm³/mol. The normalized spacial score (nSPS) is 19.9. The Morgan fingerprint density at radius 1 is 1.52 bits per heavy atom. The summed E-state index contributed by atoms with van der Waals surface area (Å²) in [6.07, 6.45) is 0.362. The summed E-state index contributed by atoms with van der Waals surface area (Å²) in [5.74, 6) is -0.320. The molecule has 1 atom stereocenters. The quantitative estimate of drug-likeness (QED) is 0.900. The SMILES string of the molecule is CCC1C(=O)NCCN1S(=O)(=O)c1cc(C#N)ccc1Cl. The van der Waals surface area contributed by atoms with Crippen molar-refractivity contribution in [2.45, 2.75) is 24.3 Å². The van der Waals surface area contributed by atoms with Gasteiger partial charge >= 0.3 is 0 Å². The van der Waals surface area contributed by atoms with Crippen LogP contribution in [-0.4, -0.2) is 37.8 Å². The summed E-state index contributed by atoms with van der Waals surface area (Å²) < 4.78 is 26.6. The van der Waals surface area contributed by atoms with Crippen LogP contribution < -0.4 is 5.32 Å². The zero-order valence-electron chi connectivity index (χ0n) is 11.3. The molecule has 1 heterocycles. The van der Waals surface area contributed by atoms with Gasteiger partial charge in [-0.05, 0) is 24.6 Å². The van der Waals surface area contributed by atoms with E-state index in [9.17, 15) is 13.2 Å². The molecular formula is C13H14ClN3O3S. The smallest absolute Gasteiger partial charge is 0.245 e. The van der Waals surface area contributed by atoms with E-state index in [4.69, 9.17) is 16.9 Å². The van der Waals surface area contributed by atoms with Gasteiger partial charge in [0.2, 0.25) is 15.9 Å². The van der Waals surface area contributed by atoms with E-state index in [0.29, 0.717) is 6.42 Å². The number of halogens is 1. The maximum Gasteiger partial charge on any atom is 0.245 e. The van der Waals surface area contributed by atoms with Crippen LogP contribution in [0.25, 0.3) is 0 Å². The molecule has 0 bridgehead atoms.